The summed E-state index contributed by atoms with van der Waals surface area (Å²) >= 11 is 0. The van der Waals surface area contributed by atoms with Crippen LogP contribution in [0, 0.1) is 6.92 Å². The van der Waals surface area contributed by atoms with Crippen LogP contribution in [0.4, 0.5) is 5.69 Å². The van der Waals surface area contributed by atoms with Crippen molar-refractivity contribution in [3.8, 4) is 11.1 Å². The van der Waals surface area contributed by atoms with E-state index in [0.717, 1.165) is 28.8 Å². The average molecular weight is 337 g/mol. The van der Waals surface area contributed by atoms with Gasteiger partial charge in [0, 0.05) is 17.8 Å². The van der Waals surface area contributed by atoms with Gasteiger partial charge in [-0.05, 0) is 62.3 Å². The molecule has 2 N–H and O–H groups in total. The summed E-state index contributed by atoms with van der Waals surface area (Å²) in [5, 5.41) is 0. The molecule has 0 aliphatic heterocycles. The summed E-state index contributed by atoms with van der Waals surface area (Å²) in [6, 6.07) is 12.1. The molecule has 0 atom stereocenters. The smallest absolute Gasteiger partial charge is 0.152 e. The van der Waals surface area contributed by atoms with Crippen LogP contribution in [0.15, 0.2) is 42.5 Å². The lowest BCUT2D eigenvalue weighted by Crippen LogP contribution is -2.10. The summed E-state index contributed by atoms with van der Waals surface area (Å²) in [6.07, 6.45) is 3.34. The number of hydrogen-bond acceptors (Lipinski definition) is 3. The molecule has 3 nitrogen and oxygen atoms in total. The molecule has 2 rings (SSSR count). The van der Waals surface area contributed by atoms with Gasteiger partial charge in [-0.1, -0.05) is 50.3 Å². The summed E-state index contributed by atoms with van der Waals surface area (Å²) in [5.74, 6) is -0.000828. The van der Waals surface area contributed by atoms with E-state index in [-0.39, 0.29) is 5.78 Å². The van der Waals surface area contributed by atoms with Crippen molar-refractivity contribution in [3.63, 3.8) is 0 Å². The van der Waals surface area contributed by atoms with Crippen molar-refractivity contribution in [2.45, 2.75) is 27.3 Å². The van der Waals surface area contributed by atoms with Crippen molar-refractivity contribution in [2.24, 2.45) is 0 Å². The van der Waals surface area contributed by atoms with Crippen LogP contribution in [0.2, 0.25) is 0 Å². The highest BCUT2D eigenvalue weighted by Gasteiger charge is 2.10. The minimum atomic E-state index is -0.000828. The first-order valence-corrected chi connectivity index (χ1v) is 8.55. The number of rotatable bonds is 5. The number of allylic oxidation sites excluding steroid dienone is 1. The first-order valence-electron chi connectivity index (χ1n) is 8.55. The van der Waals surface area contributed by atoms with Crippen molar-refractivity contribution in [1.29, 1.82) is 0 Å². The summed E-state index contributed by atoms with van der Waals surface area (Å²) < 4.78 is 0. The van der Waals surface area contributed by atoms with Crippen LogP contribution >= 0.6 is 0 Å². The molecular weight excluding hydrogens is 308 g/mol. The molecule has 0 saturated carbocycles. The molecule has 0 aliphatic carbocycles. The Balaban J connectivity index is 0.00000151. The predicted molar refractivity (Wildman–Crippen MR) is 109 cm³/mol. The normalized spacial score (nSPS) is 10.7. The van der Waals surface area contributed by atoms with Gasteiger partial charge in [-0.3, -0.25) is 4.79 Å². The third-order valence-electron chi connectivity index (χ3n) is 3.59. The molecule has 0 fully saturated rings. The highest BCUT2D eigenvalue weighted by atomic mass is 16.1. The van der Waals surface area contributed by atoms with Gasteiger partial charge in [0.15, 0.2) is 5.78 Å². The van der Waals surface area contributed by atoms with Gasteiger partial charge in [-0.25, -0.2) is 0 Å². The Morgan fingerprint density at radius 2 is 1.72 bits per heavy atom. The van der Waals surface area contributed by atoms with Crippen LogP contribution in [0.3, 0.4) is 0 Å². The number of nitrogens with zero attached hydrogens (tertiary/aromatic N) is 1. The zero-order valence-corrected chi connectivity index (χ0v) is 16.0. The highest BCUT2D eigenvalue weighted by Crippen LogP contribution is 2.33. The van der Waals surface area contributed by atoms with Gasteiger partial charge >= 0.3 is 0 Å². The number of hydrogen-bond donors (Lipinski definition) is 1. The Hall–Kier alpha value is -2.39. The number of carbonyl (C=O) groups is 1. The molecule has 0 amide bonds. The molecule has 25 heavy (non-hydrogen) atoms. The molecule has 2 aromatic carbocycles. The van der Waals surface area contributed by atoms with Crippen LogP contribution < -0.4 is 5.73 Å². The van der Waals surface area contributed by atoms with Crippen molar-refractivity contribution < 1.29 is 4.79 Å². The Labute approximate surface area is 152 Å². The molecule has 3 heteroatoms. The van der Waals surface area contributed by atoms with Crippen molar-refractivity contribution in [1.82, 2.24) is 4.90 Å². The maximum absolute atomic E-state index is 11.3. The molecule has 0 unspecified atom stereocenters. The minimum Gasteiger partial charge on any atom is -0.398 e. The average Bonchev–Trinajstić information content (AvgIpc) is 2.57. The molecular formula is C22H29N2O. The summed E-state index contributed by atoms with van der Waals surface area (Å²) in [7, 11) is 4.09. The lowest BCUT2D eigenvalue weighted by molar-refractivity contribution is -0.112. The van der Waals surface area contributed by atoms with E-state index in [1.54, 1.807) is 12.2 Å². The lowest BCUT2D eigenvalue weighted by Gasteiger charge is -2.14. The van der Waals surface area contributed by atoms with Crippen molar-refractivity contribution in [2.75, 3.05) is 19.8 Å². The van der Waals surface area contributed by atoms with E-state index in [4.69, 9.17) is 5.73 Å². The summed E-state index contributed by atoms with van der Waals surface area (Å²) in [4.78, 5) is 13.4. The Bertz CT molecular complexity index is 728. The molecule has 133 valence electrons. The third kappa shape index (κ3) is 5.87. The second kappa shape index (κ2) is 9.80. The fourth-order valence-corrected chi connectivity index (χ4v) is 2.53. The number of ketones is 1. The lowest BCUT2D eigenvalue weighted by atomic mass is 9.93. The predicted octanol–water partition coefficient (Wildman–Crippen LogP) is 4.81. The number of benzene rings is 2. The van der Waals surface area contributed by atoms with E-state index in [1.165, 1.54) is 12.5 Å². The van der Waals surface area contributed by atoms with Gasteiger partial charge in [0.2, 0.25) is 0 Å². The van der Waals surface area contributed by atoms with E-state index >= 15 is 0 Å². The summed E-state index contributed by atoms with van der Waals surface area (Å²) in [6.45, 7) is 10.5. The van der Waals surface area contributed by atoms with Gasteiger partial charge in [0.1, 0.15) is 0 Å². The first-order chi connectivity index (χ1) is 11.9. The fourth-order valence-electron chi connectivity index (χ4n) is 2.53. The van der Waals surface area contributed by atoms with E-state index in [0.29, 0.717) is 5.69 Å². The van der Waals surface area contributed by atoms with E-state index < -0.39 is 0 Å². The molecule has 0 aliphatic rings. The van der Waals surface area contributed by atoms with E-state index in [2.05, 4.69) is 36.1 Å². The number of carbonyl (C=O) groups excluding carboxylic acids is 1. The SMILES string of the molecule is CC.[CH2]c1ccc(N)c(-c2ccc(CN(C)C)cc2)c1/C=C\C(C)=O. The van der Waals surface area contributed by atoms with Crippen molar-refractivity contribution in [3.05, 3.63) is 66.1 Å². The molecule has 0 spiro atoms. The molecule has 1 radical (unpaired) electrons. The Morgan fingerprint density at radius 3 is 2.24 bits per heavy atom. The highest BCUT2D eigenvalue weighted by molar-refractivity contribution is 5.95. The van der Waals surface area contributed by atoms with E-state index in [1.807, 2.05) is 40.1 Å². The zero-order chi connectivity index (χ0) is 19.0. The standard InChI is InChI=1S/C20H23N2O.C2H6/c1-14-5-12-19(21)20(18(14)11-6-15(2)23)17-9-7-16(8-10-17)13-22(3)4;1-2/h5-12H,1,13,21H2,2-4H3;1-2H3/b11-6-;. The molecule has 0 aromatic heterocycles. The van der Waals surface area contributed by atoms with Crippen LogP contribution in [0.1, 0.15) is 37.5 Å². The third-order valence-corrected chi connectivity index (χ3v) is 3.59. The molecule has 2 aromatic rings. The molecule has 0 heterocycles. The molecule has 0 saturated heterocycles. The second-order valence-electron chi connectivity index (χ2n) is 5.98. The van der Waals surface area contributed by atoms with Crippen LogP contribution in [-0.2, 0) is 11.3 Å². The maximum atomic E-state index is 11.3. The monoisotopic (exact) mass is 337 g/mol. The van der Waals surface area contributed by atoms with Crippen LogP contribution in [0.5, 0.6) is 0 Å². The largest absolute Gasteiger partial charge is 0.398 e. The zero-order valence-electron chi connectivity index (χ0n) is 16.0. The minimum absolute atomic E-state index is 0.000828. The number of nitrogens with two attached hydrogens (primary N) is 1. The van der Waals surface area contributed by atoms with Gasteiger partial charge in [-0.15, -0.1) is 0 Å². The van der Waals surface area contributed by atoms with Crippen LogP contribution in [-0.4, -0.2) is 24.8 Å². The van der Waals surface area contributed by atoms with Gasteiger partial charge in [-0.2, -0.15) is 0 Å². The van der Waals surface area contributed by atoms with Gasteiger partial charge in [0.25, 0.3) is 0 Å². The maximum Gasteiger partial charge on any atom is 0.152 e. The quantitative estimate of drug-likeness (QED) is 0.629. The topological polar surface area (TPSA) is 46.3 Å². The van der Waals surface area contributed by atoms with Gasteiger partial charge < -0.3 is 10.6 Å². The summed E-state index contributed by atoms with van der Waals surface area (Å²) in [5.41, 5.74) is 11.8. The second-order valence-corrected chi connectivity index (χ2v) is 5.98. The Kier molecular flexibility index (Phi) is 8.09. The van der Waals surface area contributed by atoms with Gasteiger partial charge in [0.05, 0.1) is 0 Å². The molecule has 0 bridgehead atoms. The van der Waals surface area contributed by atoms with Crippen LogP contribution in [0.25, 0.3) is 17.2 Å². The first kappa shape index (κ1) is 20.7. The van der Waals surface area contributed by atoms with Crippen molar-refractivity contribution >= 4 is 17.5 Å². The number of anilines is 1. The fraction of sp³-hybridized carbons (Fsp3) is 0.273. The van der Waals surface area contributed by atoms with E-state index in [9.17, 15) is 4.79 Å². The number of nitrogen functional groups attached to an aromatic ring is 1. The Morgan fingerprint density at radius 1 is 1.12 bits per heavy atom.